The molecule has 0 fully saturated rings. The Morgan fingerprint density at radius 2 is 1.07 bits per heavy atom. The van der Waals surface area contributed by atoms with Gasteiger partial charge in [0.05, 0.1) is 0 Å². The molecule has 0 aliphatic carbocycles. The van der Waals surface area contributed by atoms with E-state index in [9.17, 15) is 0 Å². The molecule has 0 N–H and O–H groups in total. The number of hydrogen-bond donors (Lipinski definition) is 0. The van der Waals surface area contributed by atoms with Gasteiger partial charge >= 0.3 is 0 Å². The summed E-state index contributed by atoms with van der Waals surface area (Å²) in [6.07, 6.45) is 8.20. The molecule has 2 unspecified atom stereocenters. The number of hydrogen-bond acceptors (Lipinski definition) is 0. The van der Waals surface area contributed by atoms with E-state index in [1.165, 1.54) is 38.5 Å². The number of rotatable bonds is 8. The molecule has 0 heteroatoms. The average Bonchev–Trinajstić information content (AvgIpc) is 2.26. The van der Waals surface area contributed by atoms with Crippen molar-refractivity contribution in [2.45, 2.75) is 80.1 Å². The zero-order valence-corrected chi connectivity index (χ0v) is 11.9. The summed E-state index contributed by atoms with van der Waals surface area (Å²) in [6, 6.07) is 0. The molecule has 0 radical (unpaired) electrons. The van der Waals surface area contributed by atoms with Crippen LogP contribution in [-0.2, 0) is 0 Å². The third-order valence-electron chi connectivity index (χ3n) is 4.62. The fraction of sp³-hybridized carbons (Fsp3) is 1.00. The molecule has 0 nitrogen and oxygen atoms in total. The third kappa shape index (κ3) is 3.50. The highest BCUT2D eigenvalue weighted by Gasteiger charge is 2.37. The first-order valence-corrected chi connectivity index (χ1v) is 7.08. The third-order valence-corrected chi connectivity index (χ3v) is 4.62. The fourth-order valence-corrected chi connectivity index (χ4v) is 3.34. The van der Waals surface area contributed by atoms with E-state index in [0.717, 1.165) is 11.8 Å². The Morgan fingerprint density at radius 1 is 0.733 bits per heavy atom. The molecule has 0 aromatic carbocycles. The van der Waals surface area contributed by atoms with E-state index in [1.54, 1.807) is 0 Å². The lowest BCUT2D eigenvalue weighted by Gasteiger charge is -2.44. The molecule has 92 valence electrons. The van der Waals surface area contributed by atoms with Gasteiger partial charge in [-0.2, -0.15) is 0 Å². The van der Waals surface area contributed by atoms with Crippen molar-refractivity contribution >= 4 is 0 Å². The second-order valence-electron chi connectivity index (χ2n) is 5.35. The summed E-state index contributed by atoms with van der Waals surface area (Å²) in [4.78, 5) is 0. The summed E-state index contributed by atoms with van der Waals surface area (Å²) in [5.74, 6) is 1.76. The molecule has 0 saturated carbocycles. The summed E-state index contributed by atoms with van der Waals surface area (Å²) in [7, 11) is 0. The van der Waals surface area contributed by atoms with Gasteiger partial charge in [-0.1, -0.05) is 67.2 Å². The van der Waals surface area contributed by atoms with Crippen molar-refractivity contribution in [1.29, 1.82) is 0 Å². The minimum atomic E-state index is 0.618. The van der Waals surface area contributed by atoms with Gasteiger partial charge in [-0.25, -0.2) is 0 Å². The zero-order chi connectivity index (χ0) is 11.9. The Balaban J connectivity index is 4.86. The van der Waals surface area contributed by atoms with Crippen LogP contribution in [0, 0.1) is 17.3 Å². The van der Waals surface area contributed by atoms with Crippen molar-refractivity contribution in [3.05, 3.63) is 0 Å². The quantitative estimate of drug-likeness (QED) is 0.486. The standard InChI is InChI=1S/C15H32/c1-7-11-15(12-8-2,13(5)9-3)14(6)10-4/h13-14H,7-12H2,1-6H3. The maximum atomic E-state index is 2.47. The van der Waals surface area contributed by atoms with Gasteiger partial charge in [0.15, 0.2) is 0 Å². The van der Waals surface area contributed by atoms with Gasteiger partial charge in [-0.3, -0.25) is 0 Å². The molecular weight excluding hydrogens is 180 g/mol. The van der Waals surface area contributed by atoms with Gasteiger partial charge in [0, 0.05) is 0 Å². The van der Waals surface area contributed by atoms with Crippen molar-refractivity contribution in [2.24, 2.45) is 17.3 Å². The second-order valence-corrected chi connectivity index (χ2v) is 5.35. The summed E-state index contributed by atoms with van der Waals surface area (Å²) in [5.41, 5.74) is 0.618. The van der Waals surface area contributed by atoms with Crippen LogP contribution in [0.5, 0.6) is 0 Å². The van der Waals surface area contributed by atoms with Crippen LogP contribution in [0.15, 0.2) is 0 Å². The maximum absolute atomic E-state index is 2.47. The minimum Gasteiger partial charge on any atom is -0.0654 e. The predicted molar refractivity (Wildman–Crippen MR) is 71.2 cm³/mol. The summed E-state index contributed by atoms with van der Waals surface area (Å²) >= 11 is 0. The Kier molecular flexibility index (Phi) is 7.30. The van der Waals surface area contributed by atoms with Crippen molar-refractivity contribution < 1.29 is 0 Å². The lowest BCUT2D eigenvalue weighted by atomic mass is 9.61. The molecule has 0 saturated heterocycles. The van der Waals surface area contributed by atoms with Gasteiger partial charge in [0.1, 0.15) is 0 Å². The highest BCUT2D eigenvalue weighted by Crippen LogP contribution is 2.47. The van der Waals surface area contributed by atoms with Gasteiger partial charge < -0.3 is 0 Å². The summed E-state index contributed by atoms with van der Waals surface area (Å²) in [6.45, 7) is 14.3. The van der Waals surface area contributed by atoms with Crippen LogP contribution < -0.4 is 0 Å². The first-order chi connectivity index (χ1) is 7.08. The lowest BCUT2D eigenvalue weighted by molar-refractivity contribution is 0.0578. The Hall–Kier alpha value is 0. The van der Waals surface area contributed by atoms with Crippen molar-refractivity contribution in [2.75, 3.05) is 0 Å². The Labute approximate surface area is 97.8 Å². The molecule has 0 rings (SSSR count). The maximum Gasteiger partial charge on any atom is -0.0247 e. The molecule has 0 aromatic heterocycles. The highest BCUT2D eigenvalue weighted by molar-refractivity contribution is 4.87. The fourth-order valence-electron chi connectivity index (χ4n) is 3.34. The Morgan fingerprint density at radius 3 is 1.27 bits per heavy atom. The van der Waals surface area contributed by atoms with Crippen LogP contribution >= 0.6 is 0 Å². The monoisotopic (exact) mass is 212 g/mol. The van der Waals surface area contributed by atoms with Crippen molar-refractivity contribution in [3.63, 3.8) is 0 Å². The first kappa shape index (κ1) is 15.0. The Bertz CT molecular complexity index is 130. The minimum absolute atomic E-state index is 0.618. The largest absolute Gasteiger partial charge is 0.0654 e. The van der Waals surface area contributed by atoms with E-state index in [-0.39, 0.29) is 0 Å². The van der Waals surface area contributed by atoms with Gasteiger partial charge in [0.2, 0.25) is 0 Å². The van der Waals surface area contributed by atoms with Crippen LogP contribution in [0.4, 0.5) is 0 Å². The van der Waals surface area contributed by atoms with E-state index in [4.69, 9.17) is 0 Å². The van der Waals surface area contributed by atoms with Gasteiger partial charge in [-0.05, 0) is 30.1 Å². The molecule has 0 aliphatic rings. The first-order valence-electron chi connectivity index (χ1n) is 7.08. The van der Waals surface area contributed by atoms with Crippen LogP contribution in [0.1, 0.15) is 80.1 Å². The van der Waals surface area contributed by atoms with E-state index in [0.29, 0.717) is 5.41 Å². The molecule has 0 aromatic rings. The average molecular weight is 212 g/mol. The van der Waals surface area contributed by atoms with Crippen molar-refractivity contribution in [3.8, 4) is 0 Å². The molecule has 0 spiro atoms. The zero-order valence-electron chi connectivity index (χ0n) is 11.9. The van der Waals surface area contributed by atoms with E-state index < -0.39 is 0 Å². The highest BCUT2D eigenvalue weighted by atomic mass is 14.4. The topological polar surface area (TPSA) is 0 Å². The van der Waals surface area contributed by atoms with Gasteiger partial charge in [0.25, 0.3) is 0 Å². The molecule has 0 aliphatic heterocycles. The SMILES string of the molecule is CCCC(CCC)(C(C)CC)C(C)CC. The summed E-state index contributed by atoms with van der Waals surface area (Å²) < 4.78 is 0. The van der Waals surface area contributed by atoms with Gasteiger partial charge in [-0.15, -0.1) is 0 Å². The smallest absolute Gasteiger partial charge is 0.0247 e. The second kappa shape index (κ2) is 7.30. The van der Waals surface area contributed by atoms with Crippen LogP contribution in [-0.4, -0.2) is 0 Å². The van der Waals surface area contributed by atoms with E-state index in [1.807, 2.05) is 0 Å². The van der Waals surface area contributed by atoms with E-state index in [2.05, 4.69) is 41.5 Å². The van der Waals surface area contributed by atoms with Crippen molar-refractivity contribution in [1.82, 2.24) is 0 Å². The predicted octanol–water partition coefficient (Wildman–Crippen LogP) is 5.67. The van der Waals surface area contributed by atoms with Crippen LogP contribution in [0.2, 0.25) is 0 Å². The summed E-state index contributed by atoms with van der Waals surface area (Å²) in [5, 5.41) is 0. The molecular formula is C15H32. The molecule has 0 heterocycles. The molecule has 15 heavy (non-hydrogen) atoms. The normalized spacial score (nSPS) is 16.4. The lowest BCUT2D eigenvalue weighted by Crippen LogP contribution is -2.35. The van der Waals surface area contributed by atoms with Crippen LogP contribution in [0.25, 0.3) is 0 Å². The molecule has 0 bridgehead atoms. The molecule has 2 atom stereocenters. The van der Waals surface area contributed by atoms with E-state index >= 15 is 0 Å². The van der Waals surface area contributed by atoms with Crippen LogP contribution in [0.3, 0.4) is 0 Å². The molecule has 0 amide bonds.